The highest BCUT2D eigenvalue weighted by molar-refractivity contribution is 6.05. The van der Waals surface area contributed by atoms with E-state index in [1.165, 1.54) is 5.56 Å². The van der Waals surface area contributed by atoms with Crippen LogP contribution in [-0.4, -0.2) is 30.3 Å². The first-order chi connectivity index (χ1) is 20.0. The van der Waals surface area contributed by atoms with Crippen molar-refractivity contribution in [3.05, 3.63) is 103 Å². The maximum atomic E-state index is 13.5. The van der Waals surface area contributed by atoms with Gasteiger partial charge in [0, 0.05) is 12.0 Å². The zero-order valence-corrected chi connectivity index (χ0v) is 23.0. The van der Waals surface area contributed by atoms with Crippen molar-refractivity contribution in [1.29, 1.82) is 0 Å². The van der Waals surface area contributed by atoms with Crippen molar-refractivity contribution >= 4 is 23.4 Å². The Balaban J connectivity index is 1.15. The summed E-state index contributed by atoms with van der Waals surface area (Å²) in [6.45, 7) is 0.892. The standard InChI is InChI=1S/C35H34N2O4/c38-34(39)22-24-10-12-25(13-11-24)26-14-16-27(17-15-26)29-18-19-32-33(23-29)41-21-20-37(32)35(40)36-31-9-5-4-8-30(31)28-6-2-1-3-7-28/h1-9,14-19,23-25H,10-13,20-22H2,(H,36,40)(H,38,39). The molecule has 4 aromatic carbocycles. The van der Waals surface area contributed by atoms with Crippen LogP contribution < -0.4 is 15.0 Å². The van der Waals surface area contributed by atoms with Crippen LogP contribution in [0.2, 0.25) is 0 Å². The lowest BCUT2D eigenvalue weighted by atomic mass is 9.77. The van der Waals surface area contributed by atoms with Gasteiger partial charge < -0.3 is 15.2 Å². The van der Waals surface area contributed by atoms with E-state index in [1.54, 1.807) is 4.90 Å². The molecule has 2 amide bonds. The maximum Gasteiger partial charge on any atom is 0.326 e. The molecule has 0 bridgehead atoms. The number of para-hydroxylation sites is 1. The highest BCUT2D eigenvalue weighted by Crippen LogP contribution is 2.39. The van der Waals surface area contributed by atoms with Crippen molar-refractivity contribution in [1.82, 2.24) is 0 Å². The van der Waals surface area contributed by atoms with Crippen LogP contribution in [0.15, 0.2) is 97.1 Å². The van der Waals surface area contributed by atoms with Gasteiger partial charge in [0.1, 0.15) is 12.4 Å². The second-order valence-corrected chi connectivity index (χ2v) is 11.0. The lowest BCUT2D eigenvalue weighted by Gasteiger charge is -2.30. The minimum Gasteiger partial charge on any atom is -0.490 e. The second kappa shape index (κ2) is 11.9. The van der Waals surface area contributed by atoms with Gasteiger partial charge in [0.05, 0.1) is 17.9 Å². The van der Waals surface area contributed by atoms with Crippen LogP contribution in [-0.2, 0) is 4.79 Å². The van der Waals surface area contributed by atoms with Gasteiger partial charge in [0.25, 0.3) is 0 Å². The van der Waals surface area contributed by atoms with Crippen LogP contribution in [0, 0.1) is 5.92 Å². The number of carbonyl (C=O) groups is 2. The molecule has 6 nitrogen and oxygen atoms in total. The van der Waals surface area contributed by atoms with Crippen LogP contribution >= 0.6 is 0 Å². The predicted molar refractivity (Wildman–Crippen MR) is 163 cm³/mol. The van der Waals surface area contributed by atoms with Gasteiger partial charge in [0.15, 0.2) is 0 Å². The molecule has 0 spiro atoms. The lowest BCUT2D eigenvalue weighted by molar-refractivity contribution is -0.138. The van der Waals surface area contributed by atoms with E-state index >= 15 is 0 Å². The number of carboxylic acid groups (broad SMARTS) is 1. The highest BCUT2D eigenvalue weighted by atomic mass is 16.5. The average Bonchev–Trinajstić information content (AvgIpc) is 3.01. The lowest BCUT2D eigenvalue weighted by Crippen LogP contribution is -2.40. The molecule has 1 fully saturated rings. The molecule has 1 saturated carbocycles. The second-order valence-electron chi connectivity index (χ2n) is 11.0. The number of nitrogens with one attached hydrogen (secondary N) is 1. The number of fused-ring (bicyclic) bond motifs is 1. The minimum absolute atomic E-state index is 0.187. The SMILES string of the molecule is O=C(O)CC1CCC(c2ccc(-c3ccc4c(c3)OCCN4C(=O)Nc3ccccc3-c3ccccc3)cc2)CC1. The third-order valence-corrected chi connectivity index (χ3v) is 8.35. The molecule has 6 rings (SSSR count). The van der Waals surface area contributed by atoms with Crippen molar-refractivity contribution in [3.63, 3.8) is 0 Å². The number of anilines is 2. The van der Waals surface area contributed by atoms with Crippen LogP contribution in [0.4, 0.5) is 16.2 Å². The first-order valence-corrected chi connectivity index (χ1v) is 14.4. The largest absolute Gasteiger partial charge is 0.490 e. The molecule has 41 heavy (non-hydrogen) atoms. The first-order valence-electron chi connectivity index (χ1n) is 14.4. The van der Waals surface area contributed by atoms with Gasteiger partial charge in [0.2, 0.25) is 0 Å². The topological polar surface area (TPSA) is 78.9 Å². The van der Waals surface area contributed by atoms with Gasteiger partial charge in [-0.15, -0.1) is 0 Å². The zero-order chi connectivity index (χ0) is 28.2. The smallest absolute Gasteiger partial charge is 0.326 e. The van der Waals surface area contributed by atoms with Gasteiger partial charge >= 0.3 is 12.0 Å². The monoisotopic (exact) mass is 546 g/mol. The molecule has 6 heteroatoms. The zero-order valence-electron chi connectivity index (χ0n) is 23.0. The summed E-state index contributed by atoms with van der Waals surface area (Å²) >= 11 is 0. The summed E-state index contributed by atoms with van der Waals surface area (Å²) in [5, 5.41) is 12.2. The third kappa shape index (κ3) is 5.97. The van der Waals surface area contributed by atoms with Crippen molar-refractivity contribution in [2.45, 2.75) is 38.0 Å². The number of amides is 2. The van der Waals surface area contributed by atoms with Gasteiger partial charge in [-0.2, -0.15) is 0 Å². The number of carbonyl (C=O) groups excluding carboxylic acids is 1. The average molecular weight is 547 g/mol. The summed E-state index contributed by atoms with van der Waals surface area (Å²) in [6.07, 6.45) is 4.31. The Labute approximate surface area is 240 Å². The third-order valence-electron chi connectivity index (χ3n) is 8.35. The van der Waals surface area contributed by atoms with E-state index in [4.69, 9.17) is 9.84 Å². The Morgan fingerprint density at radius 3 is 2.27 bits per heavy atom. The van der Waals surface area contributed by atoms with Crippen LogP contribution in [0.25, 0.3) is 22.3 Å². The molecule has 0 aromatic heterocycles. The van der Waals surface area contributed by atoms with E-state index in [0.717, 1.165) is 59.3 Å². The Morgan fingerprint density at radius 2 is 1.51 bits per heavy atom. The fourth-order valence-corrected chi connectivity index (χ4v) is 6.15. The summed E-state index contributed by atoms with van der Waals surface area (Å²) in [5.74, 6) is 0.795. The summed E-state index contributed by atoms with van der Waals surface area (Å²) in [5.41, 5.74) is 6.99. The van der Waals surface area contributed by atoms with Crippen LogP contribution in [0.3, 0.4) is 0 Å². The van der Waals surface area contributed by atoms with Gasteiger partial charge in [-0.25, -0.2) is 4.79 Å². The van der Waals surface area contributed by atoms with Crippen LogP contribution in [0.5, 0.6) is 5.75 Å². The van der Waals surface area contributed by atoms with E-state index in [0.29, 0.717) is 30.7 Å². The van der Waals surface area contributed by atoms with Crippen molar-refractivity contribution < 1.29 is 19.4 Å². The molecule has 0 saturated heterocycles. The maximum absolute atomic E-state index is 13.5. The molecule has 0 atom stereocenters. The molecule has 0 radical (unpaired) electrons. The Morgan fingerprint density at radius 1 is 0.805 bits per heavy atom. The predicted octanol–water partition coefficient (Wildman–Crippen LogP) is 8.20. The fraction of sp³-hybridized carbons (Fsp3) is 0.257. The molecule has 1 aliphatic carbocycles. The van der Waals surface area contributed by atoms with E-state index in [-0.39, 0.29) is 12.5 Å². The number of aliphatic carboxylic acids is 1. The first kappa shape index (κ1) is 26.6. The summed E-state index contributed by atoms with van der Waals surface area (Å²) in [7, 11) is 0. The van der Waals surface area contributed by atoms with Crippen molar-refractivity contribution in [2.75, 3.05) is 23.4 Å². The number of carboxylic acids is 1. The van der Waals surface area contributed by atoms with Gasteiger partial charge in [-0.3, -0.25) is 9.69 Å². The summed E-state index contributed by atoms with van der Waals surface area (Å²) in [6, 6.07) is 32.4. The summed E-state index contributed by atoms with van der Waals surface area (Å²) in [4.78, 5) is 26.2. The molecule has 4 aromatic rings. The number of hydrogen-bond donors (Lipinski definition) is 2. The highest BCUT2D eigenvalue weighted by Gasteiger charge is 2.26. The molecule has 0 unspecified atom stereocenters. The van der Waals surface area contributed by atoms with E-state index in [9.17, 15) is 9.59 Å². The molecular formula is C35H34N2O4. The van der Waals surface area contributed by atoms with E-state index in [2.05, 4.69) is 29.6 Å². The Hall–Kier alpha value is -4.58. The van der Waals surface area contributed by atoms with Gasteiger partial charge in [-0.1, -0.05) is 78.9 Å². The quantitative estimate of drug-likeness (QED) is 0.255. The molecule has 208 valence electrons. The summed E-state index contributed by atoms with van der Waals surface area (Å²) < 4.78 is 6.00. The number of hydrogen-bond acceptors (Lipinski definition) is 3. The number of ether oxygens (including phenoxy) is 1. The number of rotatable bonds is 6. The molecule has 2 N–H and O–H groups in total. The molecule has 1 aliphatic heterocycles. The van der Waals surface area contributed by atoms with E-state index < -0.39 is 5.97 Å². The van der Waals surface area contributed by atoms with Gasteiger partial charge in [-0.05, 0) is 78.0 Å². The molecular weight excluding hydrogens is 512 g/mol. The van der Waals surface area contributed by atoms with E-state index in [1.807, 2.05) is 72.8 Å². The Kier molecular flexibility index (Phi) is 7.72. The normalized spacial score (nSPS) is 18.2. The minimum atomic E-state index is -0.691. The van der Waals surface area contributed by atoms with Crippen molar-refractivity contribution in [2.24, 2.45) is 5.92 Å². The number of urea groups is 1. The Bertz CT molecular complexity index is 1530. The fourth-order valence-electron chi connectivity index (χ4n) is 6.15. The van der Waals surface area contributed by atoms with Crippen molar-refractivity contribution in [3.8, 4) is 28.0 Å². The molecule has 1 heterocycles. The molecule has 2 aliphatic rings. The van der Waals surface area contributed by atoms with Crippen LogP contribution in [0.1, 0.15) is 43.6 Å². The number of benzene rings is 4. The number of nitrogens with zero attached hydrogens (tertiary/aromatic N) is 1.